The minimum Gasteiger partial charge on any atom is -0.492 e. The van der Waals surface area contributed by atoms with Gasteiger partial charge in [-0.2, -0.15) is 0 Å². The van der Waals surface area contributed by atoms with Gasteiger partial charge in [-0.3, -0.25) is 4.79 Å². The molecule has 1 atom stereocenters. The van der Waals surface area contributed by atoms with E-state index in [2.05, 4.69) is 4.98 Å². The first-order valence-corrected chi connectivity index (χ1v) is 8.73. The van der Waals surface area contributed by atoms with Crippen molar-refractivity contribution in [1.82, 2.24) is 4.98 Å². The van der Waals surface area contributed by atoms with Gasteiger partial charge in [0.1, 0.15) is 18.1 Å². The monoisotopic (exact) mass is 365 g/mol. The maximum absolute atomic E-state index is 10.9. The van der Waals surface area contributed by atoms with Crippen LogP contribution in [-0.4, -0.2) is 22.7 Å². The highest BCUT2D eigenvalue weighted by molar-refractivity contribution is 5.68. The fourth-order valence-corrected chi connectivity index (χ4v) is 3.14. The number of oxazole rings is 1. The number of fused-ring (bicyclic) bond motifs is 1. The Balaban J connectivity index is 1.46. The standard InChI is InChI=1S/C21H19NO5/c1-13-19(27-21(22-13)14-5-3-2-4-6-14)12-25-16-7-8-17-15(9-20(23)24)11-26-18(17)10-16/h2-8,10,15H,9,11-12H2,1H3,(H,23,24). The molecule has 0 radical (unpaired) electrons. The average molecular weight is 365 g/mol. The number of aryl methyl sites for hydroxylation is 1. The Labute approximate surface area is 156 Å². The van der Waals surface area contributed by atoms with E-state index < -0.39 is 5.97 Å². The van der Waals surface area contributed by atoms with E-state index in [0.717, 1.165) is 16.8 Å². The van der Waals surface area contributed by atoms with Crippen molar-refractivity contribution in [2.75, 3.05) is 6.61 Å². The molecule has 3 aromatic rings. The molecule has 0 fully saturated rings. The first-order chi connectivity index (χ1) is 13.1. The number of carbonyl (C=O) groups is 1. The third-order valence-corrected chi connectivity index (χ3v) is 4.57. The molecule has 0 bridgehead atoms. The number of hydrogen-bond acceptors (Lipinski definition) is 5. The molecule has 0 aliphatic carbocycles. The lowest BCUT2D eigenvalue weighted by Crippen LogP contribution is -2.07. The molecule has 4 rings (SSSR count). The molecule has 2 heterocycles. The highest BCUT2D eigenvalue weighted by atomic mass is 16.5. The van der Waals surface area contributed by atoms with E-state index in [-0.39, 0.29) is 18.9 Å². The fourth-order valence-electron chi connectivity index (χ4n) is 3.14. The molecule has 6 heteroatoms. The molecule has 1 aromatic heterocycles. The second-order valence-corrected chi connectivity index (χ2v) is 6.49. The summed E-state index contributed by atoms with van der Waals surface area (Å²) in [5.41, 5.74) is 2.61. The van der Waals surface area contributed by atoms with Crippen molar-refractivity contribution >= 4 is 5.97 Å². The Morgan fingerprint density at radius 2 is 2.07 bits per heavy atom. The average Bonchev–Trinajstić information content (AvgIpc) is 3.23. The molecule has 1 aliphatic rings. The van der Waals surface area contributed by atoms with Crippen molar-refractivity contribution in [1.29, 1.82) is 0 Å². The van der Waals surface area contributed by atoms with E-state index >= 15 is 0 Å². The first kappa shape index (κ1) is 17.1. The van der Waals surface area contributed by atoms with Gasteiger partial charge in [-0.1, -0.05) is 24.3 Å². The molecule has 1 unspecified atom stereocenters. The predicted octanol–water partition coefficient (Wildman–Crippen LogP) is 4.18. The SMILES string of the molecule is Cc1nc(-c2ccccc2)oc1COc1ccc2c(c1)OCC2CC(=O)O. The van der Waals surface area contributed by atoms with Crippen LogP contribution in [0.1, 0.15) is 29.4 Å². The minimum atomic E-state index is -0.827. The summed E-state index contributed by atoms with van der Waals surface area (Å²) in [6.07, 6.45) is 0.0622. The van der Waals surface area contributed by atoms with Gasteiger partial charge in [-0.25, -0.2) is 4.98 Å². The zero-order valence-electron chi connectivity index (χ0n) is 14.8. The lowest BCUT2D eigenvalue weighted by molar-refractivity contribution is -0.137. The van der Waals surface area contributed by atoms with Crippen molar-refractivity contribution in [3.05, 3.63) is 65.5 Å². The third-order valence-electron chi connectivity index (χ3n) is 4.57. The smallest absolute Gasteiger partial charge is 0.304 e. The van der Waals surface area contributed by atoms with Crippen LogP contribution in [0.15, 0.2) is 52.9 Å². The van der Waals surface area contributed by atoms with Crippen LogP contribution in [0.5, 0.6) is 11.5 Å². The van der Waals surface area contributed by atoms with Gasteiger partial charge in [0.25, 0.3) is 0 Å². The second kappa shape index (κ2) is 7.15. The minimum absolute atomic E-state index is 0.0622. The quantitative estimate of drug-likeness (QED) is 0.706. The lowest BCUT2D eigenvalue weighted by atomic mass is 9.98. The summed E-state index contributed by atoms with van der Waals surface area (Å²) in [5.74, 6) is 1.61. The largest absolute Gasteiger partial charge is 0.492 e. The molecule has 0 spiro atoms. The molecule has 27 heavy (non-hydrogen) atoms. The van der Waals surface area contributed by atoms with Crippen molar-refractivity contribution in [2.45, 2.75) is 25.9 Å². The van der Waals surface area contributed by atoms with Crippen LogP contribution in [0.25, 0.3) is 11.5 Å². The van der Waals surface area contributed by atoms with Gasteiger partial charge in [0, 0.05) is 23.1 Å². The topological polar surface area (TPSA) is 81.8 Å². The Morgan fingerprint density at radius 1 is 1.26 bits per heavy atom. The number of hydrogen-bond donors (Lipinski definition) is 1. The Kier molecular flexibility index (Phi) is 4.54. The van der Waals surface area contributed by atoms with Crippen LogP contribution in [0.2, 0.25) is 0 Å². The highest BCUT2D eigenvalue weighted by Crippen LogP contribution is 2.38. The summed E-state index contributed by atoms with van der Waals surface area (Å²) >= 11 is 0. The van der Waals surface area contributed by atoms with Gasteiger partial charge in [0.15, 0.2) is 5.76 Å². The summed E-state index contributed by atoms with van der Waals surface area (Å²) in [4.78, 5) is 15.4. The summed E-state index contributed by atoms with van der Waals surface area (Å²) in [6, 6.07) is 15.2. The van der Waals surface area contributed by atoms with Crippen molar-refractivity contribution in [3.63, 3.8) is 0 Å². The highest BCUT2D eigenvalue weighted by Gasteiger charge is 2.26. The van der Waals surface area contributed by atoms with Gasteiger partial charge < -0.3 is 19.0 Å². The number of ether oxygens (including phenoxy) is 2. The van der Waals surface area contributed by atoms with Crippen molar-refractivity contribution < 1.29 is 23.8 Å². The molecule has 1 aliphatic heterocycles. The second-order valence-electron chi connectivity index (χ2n) is 6.49. The molecule has 1 N–H and O–H groups in total. The van der Waals surface area contributed by atoms with E-state index in [1.165, 1.54) is 0 Å². The van der Waals surface area contributed by atoms with E-state index in [1.807, 2.05) is 49.4 Å². The van der Waals surface area contributed by atoms with Gasteiger partial charge in [-0.15, -0.1) is 0 Å². The van der Waals surface area contributed by atoms with Gasteiger partial charge >= 0.3 is 5.97 Å². The first-order valence-electron chi connectivity index (χ1n) is 8.73. The lowest BCUT2D eigenvalue weighted by Gasteiger charge is -2.08. The number of nitrogens with zero attached hydrogens (tertiary/aromatic N) is 1. The van der Waals surface area contributed by atoms with Crippen LogP contribution in [-0.2, 0) is 11.4 Å². The third kappa shape index (κ3) is 3.65. The fraction of sp³-hybridized carbons (Fsp3) is 0.238. The molecule has 138 valence electrons. The summed E-state index contributed by atoms with van der Waals surface area (Å²) in [6.45, 7) is 2.52. The number of benzene rings is 2. The number of rotatable bonds is 6. The van der Waals surface area contributed by atoms with E-state index in [1.54, 1.807) is 6.07 Å². The molecular formula is C21H19NO5. The maximum Gasteiger partial charge on any atom is 0.304 e. The normalized spacial score (nSPS) is 15.2. The van der Waals surface area contributed by atoms with Crippen LogP contribution >= 0.6 is 0 Å². The van der Waals surface area contributed by atoms with Gasteiger partial charge in [0.05, 0.1) is 18.7 Å². The van der Waals surface area contributed by atoms with Crippen LogP contribution in [0.3, 0.4) is 0 Å². The van der Waals surface area contributed by atoms with E-state index in [0.29, 0.717) is 29.8 Å². The van der Waals surface area contributed by atoms with Crippen molar-refractivity contribution in [2.24, 2.45) is 0 Å². The van der Waals surface area contributed by atoms with E-state index in [4.69, 9.17) is 19.0 Å². The summed E-state index contributed by atoms with van der Waals surface area (Å²) < 4.78 is 17.3. The Bertz CT molecular complexity index is 964. The number of aliphatic carboxylic acids is 1. The summed E-state index contributed by atoms with van der Waals surface area (Å²) in [5, 5.41) is 8.98. The zero-order valence-corrected chi connectivity index (χ0v) is 14.8. The molecule has 0 amide bonds. The van der Waals surface area contributed by atoms with Crippen LogP contribution < -0.4 is 9.47 Å². The molecule has 0 saturated heterocycles. The molecule has 0 saturated carbocycles. The molecule has 6 nitrogen and oxygen atoms in total. The summed E-state index contributed by atoms with van der Waals surface area (Å²) in [7, 11) is 0. The maximum atomic E-state index is 10.9. The molecular weight excluding hydrogens is 346 g/mol. The Hall–Kier alpha value is -3.28. The number of aromatic nitrogens is 1. The van der Waals surface area contributed by atoms with Crippen LogP contribution in [0.4, 0.5) is 0 Å². The number of carboxylic acids is 1. The predicted molar refractivity (Wildman–Crippen MR) is 97.9 cm³/mol. The zero-order chi connectivity index (χ0) is 18.8. The number of carboxylic acid groups (broad SMARTS) is 1. The van der Waals surface area contributed by atoms with E-state index in [9.17, 15) is 4.79 Å². The van der Waals surface area contributed by atoms with Gasteiger partial charge in [-0.05, 0) is 25.1 Å². The molecule has 2 aromatic carbocycles. The van der Waals surface area contributed by atoms with Crippen molar-refractivity contribution in [3.8, 4) is 23.0 Å². The van der Waals surface area contributed by atoms with Gasteiger partial charge in [0.2, 0.25) is 5.89 Å². The Morgan fingerprint density at radius 3 is 2.85 bits per heavy atom. The van der Waals surface area contributed by atoms with Crippen LogP contribution in [0, 0.1) is 6.92 Å².